The molecule has 2 aromatic rings. The lowest BCUT2D eigenvalue weighted by Crippen LogP contribution is -2.04. The van der Waals surface area contributed by atoms with Crippen molar-refractivity contribution in [3.8, 4) is 11.3 Å². The summed E-state index contributed by atoms with van der Waals surface area (Å²) in [7, 11) is 0. The molecule has 0 spiro atoms. The summed E-state index contributed by atoms with van der Waals surface area (Å²) >= 11 is 3.17. The fraction of sp³-hybridized carbons (Fsp3) is 0.286. The van der Waals surface area contributed by atoms with Crippen LogP contribution in [0, 0.1) is 0 Å². The Morgan fingerprint density at radius 3 is 2.50 bits per heavy atom. The van der Waals surface area contributed by atoms with Crippen LogP contribution in [0.2, 0.25) is 0 Å². The van der Waals surface area contributed by atoms with Crippen molar-refractivity contribution in [3.63, 3.8) is 0 Å². The molecular formula is C14H11BrF3NO3. The van der Waals surface area contributed by atoms with E-state index in [2.05, 4.69) is 20.9 Å². The van der Waals surface area contributed by atoms with E-state index >= 15 is 0 Å². The molecule has 0 radical (unpaired) electrons. The van der Waals surface area contributed by atoms with Gasteiger partial charge in [0.15, 0.2) is 10.6 Å². The summed E-state index contributed by atoms with van der Waals surface area (Å²) < 4.78 is 48.0. The van der Waals surface area contributed by atoms with Crippen LogP contribution in [0.4, 0.5) is 13.2 Å². The Labute approximate surface area is 132 Å². The Balaban J connectivity index is 2.15. The summed E-state index contributed by atoms with van der Waals surface area (Å²) in [6.45, 7) is 1.41. The molecule has 0 bridgehead atoms. The Morgan fingerprint density at radius 1 is 1.32 bits per heavy atom. The maximum Gasteiger partial charge on any atom is 0.416 e. The van der Waals surface area contributed by atoms with Crippen molar-refractivity contribution >= 4 is 21.9 Å². The van der Waals surface area contributed by atoms with Crippen molar-refractivity contribution in [1.29, 1.82) is 0 Å². The Morgan fingerprint density at radius 2 is 1.95 bits per heavy atom. The molecule has 118 valence electrons. The average molecular weight is 378 g/mol. The molecule has 0 saturated carbocycles. The van der Waals surface area contributed by atoms with Crippen molar-refractivity contribution in [3.05, 3.63) is 40.4 Å². The first-order valence-corrected chi connectivity index (χ1v) is 7.03. The molecule has 8 heteroatoms. The highest BCUT2D eigenvalue weighted by Gasteiger charge is 2.30. The van der Waals surface area contributed by atoms with Crippen LogP contribution in [-0.2, 0) is 22.1 Å². The smallest absolute Gasteiger partial charge is 0.416 e. The van der Waals surface area contributed by atoms with E-state index in [0.29, 0.717) is 21.8 Å². The number of ether oxygens (including phenoxy) is 1. The van der Waals surface area contributed by atoms with Gasteiger partial charge in [-0.15, -0.1) is 0 Å². The molecule has 0 N–H and O–H groups in total. The second-order valence-corrected chi connectivity index (χ2v) is 5.12. The van der Waals surface area contributed by atoms with Gasteiger partial charge in [-0.05, 0) is 28.1 Å². The maximum atomic E-state index is 12.5. The van der Waals surface area contributed by atoms with E-state index in [0.717, 1.165) is 12.1 Å². The van der Waals surface area contributed by atoms with Crippen molar-refractivity contribution in [1.82, 2.24) is 4.98 Å². The van der Waals surface area contributed by atoms with Crippen LogP contribution in [0.15, 0.2) is 33.4 Å². The minimum atomic E-state index is -4.38. The van der Waals surface area contributed by atoms with Gasteiger partial charge in [-0.1, -0.05) is 12.1 Å². The van der Waals surface area contributed by atoms with Crippen LogP contribution in [0.1, 0.15) is 18.4 Å². The van der Waals surface area contributed by atoms with Gasteiger partial charge in [0.25, 0.3) is 0 Å². The van der Waals surface area contributed by atoms with Gasteiger partial charge in [0.1, 0.15) is 5.69 Å². The quantitative estimate of drug-likeness (QED) is 0.748. The second kappa shape index (κ2) is 6.51. The minimum Gasteiger partial charge on any atom is -0.465 e. The number of hydrogen-bond acceptors (Lipinski definition) is 4. The predicted molar refractivity (Wildman–Crippen MR) is 75.0 cm³/mol. The predicted octanol–water partition coefficient (Wildman–Crippen LogP) is 4.23. The third-order valence-corrected chi connectivity index (χ3v) is 3.27. The Hall–Kier alpha value is -1.83. The van der Waals surface area contributed by atoms with Gasteiger partial charge in [0.05, 0.1) is 18.6 Å². The number of hydrogen-bond donors (Lipinski definition) is 0. The lowest BCUT2D eigenvalue weighted by molar-refractivity contribution is -0.141. The number of alkyl halides is 3. The first-order valence-electron chi connectivity index (χ1n) is 6.23. The highest BCUT2D eigenvalue weighted by atomic mass is 79.9. The first-order chi connectivity index (χ1) is 10.3. The number of nitrogens with zero attached hydrogens (tertiary/aromatic N) is 1. The van der Waals surface area contributed by atoms with Gasteiger partial charge < -0.3 is 9.15 Å². The van der Waals surface area contributed by atoms with Crippen molar-refractivity contribution in [2.24, 2.45) is 0 Å². The summed E-state index contributed by atoms with van der Waals surface area (Å²) in [4.78, 5) is 14.8. The highest BCUT2D eigenvalue weighted by Crippen LogP contribution is 2.33. The number of carbonyl (C=O) groups excluding carboxylic acids is 1. The molecule has 0 atom stereocenters. The van der Waals surface area contributed by atoms with Crippen molar-refractivity contribution in [2.45, 2.75) is 19.5 Å². The minimum absolute atomic E-state index is 0.120. The number of benzene rings is 1. The zero-order chi connectivity index (χ0) is 16.3. The molecule has 1 aromatic carbocycles. The molecule has 0 aliphatic rings. The molecule has 22 heavy (non-hydrogen) atoms. The average Bonchev–Trinajstić information content (AvgIpc) is 2.78. The van der Waals surface area contributed by atoms with Gasteiger partial charge in [-0.2, -0.15) is 13.2 Å². The van der Waals surface area contributed by atoms with Crippen LogP contribution in [-0.4, -0.2) is 17.6 Å². The van der Waals surface area contributed by atoms with Crippen LogP contribution >= 0.6 is 15.9 Å². The monoisotopic (exact) mass is 377 g/mol. The number of esters is 1. The standard InChI is InChI=1S/C14H11BrF3NO3/c1-8(20)21-7-6-11-19-12(13(15)22-11)9-2-4-10(5-3-9)14(16,17)18/h2-5H,6-7H2,1H3. The normalized spacial score (nSPS) is 11.5. The van der Waals surface area contributed by atoms with E-state index < -0.39 is 17.7 Å². The summed E-state index contributed by atoms with van der Waals surface area (Å²) in [5, 5.41) is 0. The topological polar surface area (TPSA) is 52.3 Å². The zero-order valence-electron chi connectivity index (χ0n) is 11.4. The Kier molecular flexibility index (Phi) is 4.90. The summed E-state index contributed by atoms with van der Waals surface area (Å²) in [5.74, 6) is -0.0865. The van der Waals surface area contributed by atoms with E-state index in [4.69, 9.17) is 9.15 Å². The zero-order valence-corrected chi connectivity index (χ0v) is 13.0. The van der Waals surface area contributed by atoms with Gasteiger partial charge in [-0.3, -0.25) is 4.79 Å². The van der Waals surface area contributed by atoms with Crippen LogP contribution < -0.4 is 0 Å². The summed E-state index contributed by atoms with van der Waals surface area (Å²) in [6, 6.07) is 4.60. The van der Waals surface area contributed by atoms with E-state index in [1.54, 1.807) is 0 Å². The van der Waals surface area contributed by atoms with Gasteiger partial charge in [-0.25, -0.2) is 4.98 Å². The number of halogens is 4. The third-order valence-electron chi connectivity index (χ3n) is 2.74. The third kappa shape index (κ3) is 4.09. The summed E-state index contributed by atoms with van der Waals surface area (Å²) in [5.41, 5.74) is 0.153. The van der Waals surface area contributed by atoms with Gasteiger partial charge in [0, 0.05) is 12.5 Å². The fourth-order valence-electron chi connectivity index (χ4n) is 1.73. The fourth-order valence-corrected chi connectivity index (χ4v) is 2.23. The molecule has 2 rings (SSSR count). The molecule has 1 aromatic heterocycles. The maximum absolute atomic E-state index is 12.5. The lowest BCUT2D eigenvalue weighted by Gasteiger charge is -2.06. The van der Waals surface area contributed by atoms with Crippen LogP contribution in [0.25, 0.3) is 11.3 Å². The largest absolute Gasteiger partial charge is 0.465 e. The number of oxazole rings is 1. The van der Waals surface area contributed by atoms with E-state index in [9.17, 15) is 18.0 Å². The van der Waals surface area contributed by atoms with E-state index in [1.165, 1.54) is 19.1 Å². The molecule has 0 amide bonds. The molecule has 4 nitrogen and oxygen atoms in total. The molecule has 0 aliphatic carbocycles. The van der Waals surface area contributed by atoms with Crippen LogP contribution in [0.5, 0.6) is 0 Å². The van der Waals surface area contributed by atoms with E-state index in [1.807, 2.05) is 0 Å². The second-order valence-electron chi connectivity index (χ2n) is 4.40. The molecule has 0 saturated heterocycles. The van der Waals surface area contributed by atoms with Gasteiger partial charge >= 0.3 is 12.1 Å². The summed E-state index contributed by atoms with van der Waals surface area (Å²) in [6.07, 6.45) is -4.10. The number of aromatic nitrogens is 1. The van der Waals surface area contributed by atoms with Gasteiger partial charge in [0.2, 0.25) is 0 Å². The highest BCUT2D eigenvalue weighted by molar-refractivity contribution is 9.10. The van der Waals surface area contributed by atoms with Crippen molar-refractivity contribution in [2.75, 3.05) is 6.61 Å². The molecule has 1 heterocycles. The molecule has 0 aliphatic heterocycles. The van der Waals surface area contributed by atoms with E-state index in [-0.39, 0.29) is 13.0 Å². The van der Waals surface area contributed by atoms with Crippen molar-refractivity contribution < 1.29 is 27.1 Å². The number of rotatable bonds is 4. The molecule has 0 fully saturated rings. The number of carbonyl (C=O) groups is 1. The lowest BCUT2D eigenvalue weighted by atomic mass is 10.1. The SMILES string of the molecule is CC(=O)OCCc1nc(-c2ccc(C(F)(F)F)cc2)c(Br)o1. The van der Waals surface area contributed by atoms with Crippen LogP contribution in [0.3, 0.4) is 0 Å². The molecule has 0 unspecified atom stereocenters. The first kappa shape index (κ1) is 16.5. The Bertz CT molecular complexity index is 665. The molecular weight excluding hydrogens is 367 g/mol.